The highest BCUT2D eigenvalue weighted by atomic mass is 32.1. The summed E-state index contributed by atoms with van der Waals surface area (Å²) in [6, 6.07) is 11.6. The Morgan fingerprint density at radius 1 is 0.965 bits per heavy atom. The lowest BCUT2D eigenvalue weighted by atomic mass is 9.72. The first kappa shape index (κ1) is 36.8. The summed E-state index contributed by atoms with van der Waals surface area (Å²) in [4.78, 5) is 64.0. The summed E-state index contributed by atoms with van der Waals surface area (Å²) >= 11 is 1.31. The summed E-state index contributed by atoms with van der Waals surface area (Å²) in [6.07, 6.45) is 7.01. The minimum Gasteiger partial charge on any atom is -0.374 e. The normalized spacial score (nSPS) is 19.6. The quantitative estimate of drug-likeness (QED) is 0.175. The van der Waals surface area contributed by atoms with E-state index < -0.39 is 17.8 Å². The molecule has 4 saturated heterocycles. The number of nitrogens with zero attached hydrogens (tertiary/aromatic N) is 7. The smallest absolute Gasteiger partial charge is 0.249 e. The second kappa shape index (κ2) is 14.9. The van der Waals surface area contributed by atoms with E-state index in [1.165, 1.54) is 22.1 Å². The molecule has 4 fully saturated rings. The molecule has 0 bridgehead atoms. The lowest BCUT2D eigenvalue weighted by Gasteiger charge is -2.60. The third-order valence-corrected chi connectivity index (χ3v) is 12.1. The van der Waals surface area contributed by atoms with Gasteiger partial charge >= 0.3 is 0 Å². The van der Waals surface area contributed by atoms with Gasteiger partial charge < -0.3 is 20.4 Å². The van der Waals surface area contributed by atoms with Crippen LogP contribution in [0.4, 0.5) is 25.4 Å². The Morgan fingerprint density at radius 3 is 2.51 bits per heavy atom. The van der Waals surface area contributed by atoms with Crippen molar-refractivity contribution in [2.24, 2.45) is 5.41 Å². The van der Waals surface area contributed by atoms with Crippen LogP contribution in [0.2, 0.25) is 0 Å². The fraction of sp³-hybridized carbons (Fsp3) is 0.375. The predicted molar refractivity (Wildman–Crippen MR) is 210 cm³/mol. The van der Waals surface area contributed by atoms with Crippen molar-refractivity contribution >= 4 is 62.5 Å². The number of thiazole rings is 1. The van der Waals surface area contributed by atoms with Crippen molar-refractivity contribution in [1.29, 1.82) is 0 Å². The maximum atomic E-state index is 15.7. The van der Waals surface area contributed by atoms with Gasteiger partial charge in [-0.3, -0.25) is 34.1 Å². The molecule has 5 aromatic rings. The lowest BCUT2D eigenvalue weighted by molar-refractivity contribution is -0.146. The maximum absolute atomic E-state index is 15.7. The van der Waals surface area contributed by atoms with E-state index in [-0.39, 0.29) is 53.4 Å². The molecule has 2 aromatic carbocycles. The first-order chi connectivity index (χ1) is 27.6. The molecule has 1 spiro atoms. The zero-order valence-electron chi connectivity index (χ0n) is 30.9. The number of carbonyl (C=O) groups is 4. The number of nitrogens with one attached hydrogen (secondary N) is 3. The number of carbonyl (C=O) groups excluding carboxylic acids is 4. The summed E-state index contributed by atoms with van der Waals surface area (Å²) in [5, 5.41) is 15.2. The molecule has 0 unspecified atom stereocenters. The highest BCUT2D eigenvalue weighted by molar-refractivity contribution is 7.13. The minimum atomic E-state index is -0.571. The van der Waals surface area contributed by atoms with Crippen molar-refractivity contribution < 1.29 is 28.0 Å². The number of rotatable bonds is 10. The fourth-order valence-corrected chi connectivity index (χ4v) is 9.01. The summed E-state index contributed by atoms with van der Waals surface area (Å²) in [7, 11) is 0. The van der Waals surface area contributed by atoms with Crippen molar-refractivity contribution in [3.05, 3.63) is 83.6 Å². The number of hydrogen-bond donors (Lipinski definition) is 3. The number of likely N-dealkylation sites (tertiary alicyclic amines) is 2. The molecule has 3 N–H and O–H groups in total. The highest BCUT2D eigenvalue weighted by Gasteiger charge is 2.53. The summed E-state index contributed by atoms with van der Waals surface area (Å²) in [6.45, 7) is 4.66. The van der Waals surface area contributed by atoms with Crippen LogP contribution >= 0.6 is 11.3 Å². The van der Waals surface area contributed by atoms with Crippen molar-refractivity contribution in [1.82, 2.24) is 34.9 Å². The van der Waals surface area contributed by atoms with Gasteiger partial charge in [-0.1, -0.05) is 18.2 Å². The van der Waals surface area contributed by atoms with Gasteiger partial charge in [-0.05, 0) is 68.1 Å². The molecular formula is C40H40F2N10O4S. The van der Waals surface area contributed by atoms with Gasteiger partial charge in [0.25, 0.3) is 0 Å². The van der Waals surface area contributed by atoms with Crippen LogP contribution in [0.25, 0.3) is 22.0 Å². The molecule has 0 radical (unpaired) electrons. The lowest BCUT2D eigenvalue weighted by Crippen LogP contribution is -2.73. The van der Waals surface area contributed by atoms with Crippen molar-refractivity contribution in [2.75, 3.05) is 61.3 Å². The summed E-state index contributed by atoms with van der Waals surface area (Å²) in [5.74, 6) is -0.840. The standard InChI is InChI=1S/C40H40F2N10O4S/c41-30-15-27(45-31-6-8-33(53)46-38(31)56)3-5-28(30)24-9-12-49(13-10-24)19-35(55)51-22-40(23-51)20-50(21-40)32-7-2-25(16-44-32)29-4-1-26-17-52(48-37(26)36(29)42)18-34(54)47-39-43-11-14-57-39/h1-5,7,11,14-17,24,31,45H,6,8-10,12-13,18-23H2,(H,43,47,54)(H,46,53,56)/t31-/m0/s1. The molecule has 17 heteroatoms. The number of aromatic nitrogens is 4. The predicted octanol–water partition coefficient (Wildman–Crippen LogP) is 4.22. The number of halogens is 2. The third-order valence-electron chi connectivity index (χ3n) is 11.5. The molecule has 4 aliphatic rings. The topological polar surface area (TPSA) is 158 Å². The highest BCUT2D eigenvalue weighted by Crippen LogP contribution is 2.42. The number of hydrogen-bond acceptors (Lipinski definition) is 11. The largest absolute Gasteiger partial charge is 0.374 e. The Kier molecular flexibility index (Phi) is 9.64. The van der Waals surface area contributed by atoms with E-state index in [1.54, 1.807) is 48.2 Å². The molecule has 4 aliphatic heterocycles. The van der Waals surface area contributed by atoms with Gasteiger partial charge in [-0.2, -0.15) is 5.10 Å². The number of fused-ring (bicyclic) bond motifs is 1. The number of pyridine rings is 1. The zero-order chi connectivity index (χ0) is 39.3. The van der Waals surface area contributed by atoms with E-state index in [4.69, 9.17) is 0 Å². The van der Waals surface area contributed by atoms with Crippen LogP contribution in [-0.4, -0.2) is 105 Å². The first-order valence-corrected chi connectivity index (χ1v) is 19.9. The van der Waals surface area contributed by atoms with Crippen LogP contribution in [0.1, 0.15) is 37.2 Å². The molecular weight excluding hydrogens is 755 g/mol. The number of benzene rings is 2. The van der Waals surface area contributed by atoms with Gasteiger partial charge in [0.1, 0.15) is 29.7 Å². The van der Waals surface area contributed by atoms with E-state index in [0.717, 1.165) is 31.7 Å². The van der Waals surface area contributed by atoms with E-state index in [9.17, 15) is 19.2 Å². The van der Waals surface area contributed by atoms with Gasteiger partial charge in [0.15, 0.2) is 10.9 Å². The van der Waals surface area contributed by atoms with Crippen molar-refractivity contribution in [3.8, 4) is 11.1 Å². The molecule has 294 valence electrons. The van der Waals surface area contributed by atoms with E-state index in [2.05, 4.69) is 40.8 Å². The molecule has 57 heavy (non-hydrogen) atoms. The van der Waals surface area contributed by atoms with E-state index >= 15 is 8.78 Å². The summed E-state index contributed by atoms with van der Waals surface area (Å²) in [5.41, 5.74) is 2.37. The van der Waals surface area contributed by atoms with Crippen LogP contribution in [0, 0.1) is 17.0 Å². The van der Waals surface area contributed by atoms with Gasteiger partial charge in [0.05, 0.1) is 6.54 Å². The maximum Gasteiger partial charge on any atom is 0.249 e. The fourth-order valence-electron chi connectivity index (χ4n) is 8.47. The van der Waals surface area contributed by atoms with Crippen LogP contribution in [0.3, 0.4) is 0 Å². The molecule has 14 nitrogen and oxygen atoms in total. The Hall–Kier alpha value is -5.81. The Morgan fingerprint density at radius 2 is 1.79 bits per heavy atom. The summed E-state index contributed by atoms with van der Waals surface area (Å²) < 4.78 is 32.2. The average molecular weight is 795 g/mol. The number of anilines is 3. The monoisotopic (exact) mass is 794 g/mol. The van der Waals surface area contributed by atoms with Gasteiger partial charge in [-0.15, -0.1) is 11.3 Å². The van der Waals surface area contributed by atoms with Crippen LogP contribution in [0.15, 0.2) is 66.4 Å². The van der Waals surface area contributed by atoms with Crippen LogP contribution in [-0.2, 0) is 25.7 Å². The number of imide groups is 1. The Balaban J connectivity index is 0.722. The van der Waals surface area contributed by atoms with Crippen molar-refractivity contribution in [2.45, 2.75) is 44.2 Å². The molecule has 7 heterocycles. The second-order valence-corrected chi connectivity index (χ2v) is 16.4. The van der Waals surface area contributed by atoms with Gasteiger partial charge in [0.2, 0.25) is 23.6 Å². The first-order valence-electron chi connectivity index (χ1n) is 19.0. The Bertz CT molecular complexity index is 2350. The molecule has 9 rings (SSSR count). The van der Waals surface area contributed by atoms with Gasteiger partial charge in [0, 0.05) is 84.2 Å². The van der Waals surface area contributed by atoms with Gasteiger partial charge in [-0.25, -0.2) is 18.7 Å². The Labute approximate surface area is 330 Å². The third kappa shape index (κ3) is 7.56. The molecule has 0 saturated carbocycles. The zero-order valence-corrected chi connectivity index (χ0v) is 31.7. The average Bonchev–Trinajstić information content (AvgIpc) is 3.83. The minimum absolute atomic E-state index is 0.0468. The molecule has 4 amide bonds. The van der Waals surface area contributed by atoms with Crippen LogP contribution < -0.4 is 20.9 Å². The second-order valence-electron chi connectivity index (χ2n) is 15.5. The van der Waals surface area contributed by atoms with Crippen molar-refractivity contribution in [3.63, 3.8) is 0 Å². The van der Waals surface area contributed by atoms with E-state index in [1.807, 2.05) is 17.0 Å². The number of piperidine rings is 2. The SMILES string of the molecule is O=C1CC[C@H](Nc2ccc(C3CCN(CC(=O)N4CC5(C4)CN(c4ccc(-c6ccc7cn(CC(=O)Nc8nccs8)nc7c6F)cn4)C5)CC3)c(F)c2)C(=O)N1. The molecule has 3 aromatic heterocycles. The number of amides is 4. The molecule has 1 atom stereocenters. The molecule has 0 aliphatic carbocycles. The van der Waals surface area contributed by atoms with Crippen LogP contribution in [0.5, 0.6) is 0 Å². The van der Waals surface area contributed by atoms with E-state index in [0.29, 0.717) is 72.0 Å².